The molecule has 0 aliphatic rings. The Bertz CT molecular complexity index is 439. The maximum Gasteiger partial charge on any atom is 0.328 e. The summed E-state index contributed by atoms with van der Waals surface area (Å²) in [4.78, 5) is 27.4. The second kappa shape index (κ2) is 5.06. The lowest BCUT2D eigenvalue weighted by Gasteiger charge is -2.11. The third-order valence-electron chi connectivity index (χ3n) is 1.89. The molecule has 1 aromatic rings. The maximum absolute atomic E-state index is 11.7. The minimum absolute atomic E-state index is 0.188. The third-order valence-corrected chi connectivity index (χ3v) is 1.89. The van der Waals surface area contributed by atoms with Gasteiger partial charge in [-0.15, -0.1) is 0 Å². The zero-order chi connectivity index (χ0) is 12.1. The van der Waals surface area contributed by atoms with Gasteiger partial charge in [-0.25, -0.2) is 4.79 Å². The lowest BCUT2D eigenvalue weighted by Crippen LogP contribution is -2.22. The van der Waals surface area contributed by atoms with Gasteiger partial charge < -0.3 is 10.0 Å². The van der Waals surface area contributed by atoms with Crippen molar-refractivity contribution in [2.24, 2.45) is 0 Å². The molecule has 0 saturated carbocycles. The van der Waals surface area contributed by atoms with E-state index in [0.717, 1.165) is 6.08 Å². The molecule has 0 saturated heterocycles. The number of aromatic nitrogens is 1. The number of carboxylic acid groups (broad SMARTS) is 1. The quantitative estimate of drug-likeness (QED) is 0.768. The van der Waals surface area contributed by atoms with Crippen LogP contribution in [0.1, 0.15) is 15.9 Å². The van der Waals surface area contributed by atoms with E-state index in [2.05, 4.69) is 4.98 Å². The van der Waals surface area contributed by atoms with E-state index in [9.17, 15) is 9.59 Å². The highest BCUT2D eigenvalue weighted by Crippen LogP contribution is 2.10. The van der Waals surface area contributed by atoms with Crippen molar-refractivity contribution >= 4 is 18.0 Å². The van der Waals surface area contributed by atoms with Crippen LogP contribution in [-0.4, -0.2) is 41.0 Å². The highest BCUT2D eigenvalue weighted by Gasteiger charge is 2.11. The van der Waals surface area contributed by atoms with Crippen molar-refractivity contribution in [1.82, 2.24) is 9.88 Å². The van der Waals surface area contributed by atoms with E-state index < -0.39 is 5.97 Å². The van der Waals surface area contributed by atoms with Gasteiger partial charge in [0.2, 0.25) is 0 Å². The summed E-state index contributed by atoms with van der Waals surface area (Å²) in [6.45, 7) is 0. The number of nitrogens with zero attached hydrogens (tertiary/aromatic N) is 2. The van der Waals surface area contributed by atoms with Gasteiger partial charge in [0, 0.05) is 43.7 Å². The van der Waals surface area contributed by atoms with Crippen molar-refractivity contribution in [2.75, 3.05) is 14.1 Å². The minimum atomic E-state index is -1.06. The van der Waals surface area contributed by atoms with Gasteiger partial charge in [-0.2, -0.15) is 0 Å². The van der Waals surface area contributed by atoms with Gasteiger partial charge in [0.25, 0.3) is 5.91 Å². The lowest BCUT2D eigenvalue weighted by atomic mass is 10.1. The van der Waals surface area contributed by atoms with Gasteiger partial charge in [0.05, 0.1) is 0 Å². The third kappa shape index (κ3) is 2.91. The number of aliphatic carboxylic acids is 1. The summed E-state index contributed by atoms with van der Waals surface area (Å²) in [5.74, 6) is -1.25. The molecule has 1 heterocycles. The van der Waals surface area contributed by atoms with E-state index in [-0.39, 0.29) is 5.91 Å². The Kier molecular flexibility index (Phi) is 3.77. The number of carboxylic acids is 1. The average Bonchev–Trinajstić information content (AvgIpc) is 2.25. The molecule has 0 aliphatic carbocycles. The normalized spacial score (nSPS) is 10.4. The number of carbonyl (C=O) groups is 2. The summed E-state index contributed by atoms with van der Waals surface area (Å²) < 4.78 is 0. The maximum atomic E-state index is 11.7. The van der Waals surface area contributed by atoms with E-state index in [1.807, 2.05) is 0 Å². The molecule has 1 aromatic heterocycles. The average molecular weight is 220 g/mol. The molecular weight excluding hydrogens is 208 g/mol. The molecule has 0 unspecified atom stereocenters. The smallest absolute Gasteiger partial charge is 0.328 e. The van der Waals surface area contributed by atoms with Gasteiger partial charge in [-0.1, -0.05) is 0 Å². The minimum Gasteiger partial charge on any atom is -0.478 e. The van der Waals surface area contributed by atoms with Gasteiger partial charge in [0.1, 0.15) is 0 Å². The van der Waals surface area contributed by atoms with Crippen LogP contribution in [0.3, 0.4) is 0 Å². The molecule has 1 rings (SSSR count). The number of rotatable bonds is 3. The number of hydrogen-bond donors (Lipinski definition) is 1. The summed E-state index contributed by atoms with van der Waals surface area (Å²) in [5.41, 5.74) is 0.918. The summed E-state index contributed by atoms with van der Waals surface area (Å²) in [6.07, 6.45) is 5.28. The molecule has 5 heteroatoms. The van der Waals surface area contributed by atoms with Crippen LogP contribution in [0, 0.1) is 0 Å². The first-order valence-electron chi connectivity index (χ1n) is 4.59. The molecule has 0 aromatic carbocycles. The molecule has 0 atom stereocenters. The van der Waals surface area contributed by atoms with Crippen LogP contribution < -0.4 is 0 Å². The van der Waals surface area contributed by atoms with Gasteiger partial charge >= 0.3 is 5.97 Å². The zero-order valence-corrected chi connectivity index (χ0v) is 9.04. The molecule has 1 amide bonds. The summed E-state index contributed by atoms with van der Waals surface area (Å²) in [5, 5.41) is 8.51. The SMILES string of the molecule is CN(C)C(=O)c1ccncc1C=CC(=O)O. The van der Waals surface area contributed by atoms with E-state index in [1.165, 1.54) is 23.4 Å². The van der Waals surface area contributed by atoms with Crippen LogP contribution in [0.5, 0.6) is 0 Å². The highest BCUT2D eigenvalue weighted by atomic mass is 16.4. The fourth-order valence-corrected chi connectivity index (χ4v) is 1.14. The first-order chi connectivity index (χ1) is 7.52. The molecule has 0 fully saturated rings. The van der Waals surface area contributed by atoms with Crippen molar-refractivity contribution < 1.29 is 14.7 Å². The number of hydrogen-bond acceptors (Lipinski definition) is 3. The van der Waals surface area contributed by atoms with Gasteiger partial charge in [-0.05, 0) is 12.1 Å². The van der Waals surface area contributed by atoms with Crippen molar-refractivity contribution in [3.63, 3.8) is 0 Å². The van der Waals surface area contributed by atoms with Crippen LogP contribution in [0.15, 0.2) is 24.5 Å². The molecule has 84 valence electrons. The van der Waals surface area contributed by atoms with Crippen LogP contribution in [-0.2, 0) is 4.79 Å². The van der Waals surface area contributed by atoms with Crippen molar-refractivity contribution in [3.8, 4) is 0 Å². The molecular formula is C11H12N2O3. The second-order valence-electron chi connectivity index (χ2n) is 3.33. The fourth-order valence-electron chi connectivity index (χ4n) is 1.14. The monoisotopic (exact) mass is 220 g/mol. The highest BCUT2D eigenvalue weighted by molar-refractivity contribution is 5.98. The van der Waals surface area contributed by atoms with E-state index in [0.29, 0.717) is 11.1 Å². The first-order valence-corrected chi connectivity index (χ1v) is 4.59. The zero-order valence-electron chi connectivity index (χ0n) is 9.04. The van der Waals surface area contributed by atoms with E-state index >= 15 is 0 Å². The molecule has 5 nitrogen and oxygen atoms in total. The standard InChI is InChI=1S/C11H12N2O3/c1-13(2)11(16)9-5-6-12-7-8(9)3-4-10(14)15/h3-7H,1-2H3,(H,14,15). The van der Waals surface area contributed by atoms with Gasteiger partial charge in [-0.3, -0.25) is 9.78 Å². The number of carbonyl (C=O) groups excluding carboxylic acids is 1. The molecule has 0 radical (unpaired) electrons. The van der Waals surface area contributed by atoms with Crippen LogP contribution in [0.25, 0.3) is 6.08 Å². The predicted molar refractivity (Wildman–Crippen MR) is 58.9 cm³/mol. The Morgan fingerprint density at radius 1 is 1.44 bits per heavy atom. The van der Waals surface area contributed by atoms with Gasteiger partial charge in [0.15, 0.2) is 0 Å². The van der Waals surface area contributed by atoms with Crippen LogP contribution in [0.4, 0.5) is 0 Å². The Morgan fingerprint density at radius 3 is 2.69 bits per heavy atom. The second-order valence-corrected chi connectivity index (χ2v) is 3.33. The molecule has 16 heavy (non-hydrogen) atoms. The Hall–Kier alpha value is -2.17. The van der Waals surface area contributed by atoms with E-state index in [4.69, 9.17) is 5.11 Å². The number of pyridine rings is 1. The Morgan fingerprint density at radius 2 is 2.12 bits per heavy atom. The van der Waals surface area contributed by atoms with E-state index in [1.54, 1.807) is 20.2 Å². The summed E-state index contributed by atoms with van der Waals surface area (Å²) >= 11 is 0. The number of amides is 1. The van der Waals surface area contributed by atoms with Crippen molar-refractivity contribution in [3.05, 3.63) is 35.7 Å². The summed E-state index contributed by atoms with van der Waals surface area (Å²) in [6, 6.07) is 1.56. The molecule has 1 N–H and O–H groups in total. The lowest BCUT2D eigenvalue weighted by molar-refractivity contribution is -0.131. The van der Waals surface area contributed by atoms with Crippen molar-refractivity contribution in [2.45, 2.75) is 0 Å². The molecule has 0 aliphatic heterocycles. The Labute approximate surface area is 93.0 Å². The predicted octanol–water partition coefficient (Wildman–Crippen LogP) is 0.881. The Balaban J connectivity index is 3.10. The summed E-state index contributed by atoms with van der Waals surface area (Å²) in [7, 11) is 3.26. The molecule has 0 spiro atoms. The van der Waals surface area contributed by atoms with Crippen molar-refractivity contribution in [1.29, 1.82) is 0 Å². The van der Waals surface area contributed by atoms with Crippen LogP contribution >= 0.6 is 0 Å². The molecule has 0 bridgehead atoms. The first kappa shape index (κ1) is 11.9. The van der Waals surface area contributed by atoms with Crippen LogP contribution in [0.2, 0.25) is 0 Å². The largest absolute Gasteiger partial charge is 0.478 e. The topological polar surface area (TPSA) is 70.5 Å². The fraction of sp³-hybridized carbons (Fsp3) is 0.182.